The summed E-state index contributed by atoms with van der Waals surface area (Å²) in [5.74, 6) is -1.66. The molecule has 4 aliphatic rings. The van der Waals surface area contributed by atoms with Gasteiger partial charge in [0.1, 0.15) is 37.4 Å². The molecule has 0 saturated carbocycles. The first-order valence-corrected chi connectivity index (χ1v) is 27.9. The van der Waals surface area contributed by atoms with Gasteiger partial charge in [-0.3, -0.25) is 19.2 Å². The van der Waals surface area contributed by atoms with Gasteiger partial charge >= 0.3 is 12.2 Å². The zero-order valence-electron chi connectivity index (χ0n) is 46.5. The molecule has 0 aromatic heterocycles. The van der Waals surface area contributed by atoms with Crippen LogP contribution in [0.5, 0.6) is 0 Å². The first kappa shape index (κ1) is 55.3. The average Bonchev–Trinajstić information content (AvgIpc) is 4.43. The van der Waals surface area contributed by atoms with Gasteiger partial charge in [-0.2, -0.15) is 0 Å². The van der Waals surface area contributed by atoms with E-state index in [2.05, 4.69) is 73.2 Å². The molecule has 4 atom stereocenters. The second-order valence-corrected chi connectivity index (χ2v) is 23.6. The maximum atomic E-state index is 14.3. The molecule has 4 N–H and O–H groups in total. The van der Waals surface area contributed by atoms with Gasteiger partial charge in [0.2, 0.25) is 23.6 Å². The first-order valence-electron chi connectivity index (χ1n) is 27.9. The van der Waals surface area contributed by atoms with Gasteiger partial charge in [0, 0.05) is 24.5 Å². The van der Waals surface area contributed by atoms with Crippen LogP contribution >= 0.6 is 0 Å². The molecule has 2 fully saturated rings. The van der Waals surface area contributed by atoms with Gasteiger partial charge in [0.15, 0.2) is 0 Å². The fourth-order valence-electron chi connectivity index (χ4n) is 12.3. The lowest BCUT2D eigenvalue weighted by Gasteiger charge is -2.31. The molecule has 2 saturated heterocycles. The van der Waals surface area contributed by atoms with E-state index in [9.17, 15) is 28.8 Å². The Morgan fingerprint density at radius 2 is 0.923 bits per heavy atom. The van der Waals surface area contributed by atoms with E-state index in [1.54, 1.807) is 9.80 Å². The van der Waals surface area contributed by atoms with Crippen molar-refractivity contribution in [1.29, 1.82) is 0 Å². The summed E-state index contributed by atoms with van der Waals surface area (Å²) in [7, 11) is 0. The Kier molecular flexibility index (Phi) is 16.5. The zero-order valence-corrected chi connectivity index (χ0v) is 46.5. The lowest BCUT2D eigenvalue weighted by atomic mass is 9.73. The van der Waals surface area contributed by atoms with Crippen LogP contribution in [0.25, 0.3) is 22.3 Å². The highest BCUT2D eigenvalue weighted by Crippen LogP contribution is 2.56. The molecule has 78 heavy (non-hydrogen) atoms. The van der Waals surface area contributed by atoms with Crippen molar-refractivity contribution in [2.24, 2.45) is 11.8 Å². The molecule has 0 bridgehead atoms. The smallest absolute Gasteiger partial charge is 0.408 e. The summed E-state index contributed by atoms with van der Waals surface area (Å²) in [5.41, 5.74) is 12.3. The third kappa shape index (κ3) is 11.8. The molecule has 14 heteroatoms. The van der Waals surface area contributed by atoms with E-state index in [4.69, 9.17) is 9.47 Å². The van der Waals surface area contributed by atoms with Crippen LogP contribution in [0.2, 0.25) is 0 Å². The first-order chi connectivity index (χ1) is 37.3. The number of amides is 6. The van der Waals surface area contributed by atoms with Crippen LogP contribution < -0.4 is 21.3 Å². The van der Waals surface area contributed by atoms with Gasteiger partial charge in [-0.05, 0) is 154 Å². The minimum absolute atomic E-state index is 0.0737. The third-order valence-corrected chi connectivity index (χ3v) is 16.4. The predicted octanol–water partition coefficient (Wildman–Crippen LogP) is 11.2. The second-order valence-electron chi connectivity index (χ2n) is 23.6. The fourth-order valence-corrected chi connectivity index (χ4v) is 12.3. The number of benzene rings is 5. The predicted molar refractivity (Wildman–Crippen MR) is 304 cm³/mol. The SMILES string of the molecule is CC(C)[C@H](NC(=O)OCc1ccccc1)C(=O)N1CCC[C@H]1C(=O)Nc1cccc(-c2c3c(c(-c4cccc(NC(=O)[C@@H]5CCCN5C(=O)[C@@H](NC(=O)OCc5ccccc5)C(C)C)c4)c4c2C(C)(C)CC4)C(C)(C)CC3)c1. The largest absolute Gasteiger partial charge is 0.445 e. The standard InChI is InChI=1S/C64H76N6O8/c1-39(2)55(67-61(75)77-37-41-19-11-9-12-20-41)59(73)69-33-17-27-49(69)57(71)65-45-25-15-23-43(35-45)51-47-29-31-64(7,8)54(47)52(48-30-32-63(5,6)53(48)51)44-24-16-26-46(36-44)66-58(72)50-28-18-34-70(50)60(74)56(40(3)4)68-62(76)78-38-42-21-13-10-14-22-42/h9-16,19-26,35-36,39-40,49-50,55-56H,17-18,27-34,37-38H2,1-8H3,(H,65,71)(H,66,72)(H,67,75)(H,68,76)/t49-,50-,55-,56-/m0/s1. The van der Waals surface area contributed by atoms with E-state index in [1.165, 1.54) is 33.4 Å². The summed E-state index contributed by atoms with van der Waals surface area (Å²) in [6.07, 6.45) is 4.58. The number of carbonyl (C=O) groups is 6. The molecule has 9 rings (SSSR count). The van der Waals surface area contributed by atoms with Crippen molar-refractivity contribution in [3.8, 4) is 22.3 Å². The van der Waals surface area contributed by atoms with Gasteiger partial charge in [0.05, 0.1) is 0 Å². The molecule has 0 radical (unpaired) electrons. The number of ether oxygens (including phenoxy) is 2. The Hall–Kier alpha value is -7.48. The Balaban J connectivity index is 0.938. The van der Waals surface area contributed by atoms with E-state index in [0.29, 0.717) is 50.1 Å². The molecule has 6 amide bonds. The number of nitrogens with one attached hydrogen (secondary N) is 4. The highest BCUT2D eigenvalue weighted by Gasteiger charge is 2.44. The van der Waals surface area contributed by atoms with Crippen LogP contribution in [0.15, 0.2) is 109 Å². The third-order valence-electron chi connectivity index (χ3n) is 16.4. The van der Waals surface area contributed by atoms with Crippen molar-refractivity contribution < 1.29 is 38.2 Å². The van der Waals surface area contributed by atoms with Crippen LogP contribution in [-0.2, 0) is 65.5 Å². The molecule has 2 aliphatic heterocycles. The molecule has 410 valence electrons. The van der Waals surface area contributed by atoms with Crippen LogP contribution in [-0.4, -0.2) is 82.9 Å². The maximum absolute atomic E-state index is 14.3. The topological polar surface area (TPSA) is 175 Å². The van der Waals surface area contributed by atoms with Crippen molar-refractivity contribution in [2.75, 3.05) is 23.7 Å². The number of likely N-dealkylation sites (tertiary alicyclic amines) is 2. The van der Waals surface area contributed by atoms with E-state index in [1.807, 2.05) is 113 Å². The highest BCUT2D eigenvalue weighted by molar-refractivity contribution is 6.01. The van der Waals surface area contributed by atoms with Gasteiger partial charge in [-0.1, -0.05) is 140 Å². The lowest BCUT2D eigenvalue weighted by Crippen LogP contribution is -2.54. The van der Waals surface area contributed by atoms with Crippen LogP contribution in [0, 0.1) is 11.8 Å². The number of rotatable bonds is 16. The van der Waals surface area contributed by atoms with Crippen LogP contribution in [0.4, 0.5) is 21.0 Å². The van der Waals surface area contributed by atoms with E-state index >= 15 is 0 Å². The second kappa shape index (κ2) is 23.2. The van der Waals surface area contributed by atoms with Crippen molar-refractivity contribution in [2.45, 2.75) is 155 Å². The molecule has 0 unspecified atom stereocenters. The van der Waals surface area contributed by atoms with Gasteiger partial charge in [-0.15, -0.1) is 0 Å². The molecule has 5 aromatic rings. The summed E-state index contributed by atoms with van der Waals surface area (Å²) in [6, 6.07) is 31.7. The molecule has 14 nitrogen and oxygen atoms in total. The van der Waals surface area contributed by atoms with Crippen molar-refractivity contribution in [3.05, 3.63) is 143 Å². The summed E-state index contributed by atoms with van der Waals surface area (Å²) in [6.45, 7) is 17.7. The summed E-state index contributed by atoms with van der Waals surface area (Å²) >= 11 is 0. The molecular weight excluding hydrogens is 981 g/mol. The highest BCUT2D eigenvalue weighted by atomic mass is 16.6. The molecule has 0 spiro atoms. The number of carbonyl (C=O) groups excluding carboxylic acids is 6. The van der Waals surface area contributed by atoms with Crippen molar-refractivity contribution in [3.63, 3.8) is 0 Å². The van der Waals surface area contributed by atoms with E-state index < -0.39 is 36.4 Å². The lowest BCUT2D eigenvalue weighted by molar-refractivity contribution is -0.139. The summed E-state index contributed by atoms with van der Waals surface area (Å²) in [5, 5.41) is 11.9. The van der Waals surface area contributed by atoms with Crippen LogP contribution in [0.1, 0.15) is 127 Å². The molecule has 2 aliphatic carbocycles. The van der Waals surface area contributed by atoms with Gasteiger partial charge in [-0.25, -0.2) is 9.59 Å². The monoisotopic (exact) mass is 1060 g/mol. The number of nitrogens with zero attached hydrogens (tertiary/aromatic N) is 2. The number of hydrogen-bond acceptors (Lipinski definition) is 8. The average molecular weight is 1060 g/mol. The maximum Gasteiger partial charge on any atom is 0.408 e. The summed E-state index contributed by atoms with van der Waals surface area (Å²) < 4.78 is 10.9. The number of hydrogen-bond donors (Lipinski definition) is 4. The van der Waals surface area contributed by atoms with Gasteiger partial charge in [0.25, 0.3) is 0 Å². The van der Waals surface area contributed by atoms with Gasteiger partial charge < -0.3 is 40.5 Å². The van der Waals surface area contributed by atoms with E-state index in [0.717, 1.165) is 47.9 Å². The fraction of sp³-hybridized carbons (Fsp3) is 0.438. The minimum atomic E-state index is -0.871. The number of fused-ring (bicyclic) bond motifs is 2. The Labute approximate surface area is 459 Å². The Bertz CT molecular complexity index is 2860. The summed E-state index contributed by atoms with van der Waals surface area (Å²) in [4.78, 5) is 86.0. The van der Waals surface area contributed by atoms with Crippen molar-refractivity contribution >= 4 is 47.2 Å². The quantitative estimate of drug-likeness (QED) is 0.0755. The van der Waals surface area contributed by atoms with Crippen LogP contribution in [0.3, 0.4) is 0 Å². The minimum Gasteiger partial charge on any atom is -0.445 e. The number of alkyl carbamates (subject to hydrolysis) is 2. The van der Waals surface area contributed by atoms with Crippen molar-refractivity contribution in [1.82, 2.24) is 20.4 Å². The number of anilines is 2. The molecule has 2 heterocycles. The Morgan fingerprint density at radius 3 is 1.29 bits per heavy atom. The van der Waals surface area contributed by atoms with E-state index in [-0.39, 0.29) is 59.5 Å². The molecular formula is C64H76N6O8. The molecule has 5 aromatic carbocycles. The normalized spacial score (nSPS) is 18.7. The Morgan fingerprint density at radius 1 is 0.538 bits per heavy atom. The zero-order chi connectivity index (χ0) is 55.5.